The average Bonchev–Trinajstić information content (AvgIpc) is 2.46. The summed E-state index contributed by atoms with van der Waals surface area (Å²) in [7, 11) is 1.66. The molecule has 2 amide bonds. The Bertz CT molecular complexity index is 598. The molecule has 0 aliphatic carbocycles. The van der Waals surface area contributed by atoms with E-state index in [9.17, 15) is 14.0 Å². The van der Waals surface area contributed by atoms with Crippen molar-refractivity contribution in [2.75, 3.05) is 13.6 Å². The van der Waals surface area contributed by atoms with Gasteiger partial charge < -0.3 is 10.6 Å². The standard InChI is InChI=1S/C18H26FN3O2/c1-12-6-4-7-13(2)22(12)16(23)11-21(3)17(18(20)24)14-8-5-9-15(19)10-14/h5,8-10,12-13,17H,4,6-7,11H2,1-3H3,(H2,20,24)/t12-,13-,17-/m1/s1. The molecule has 1 fully saturated rings. The van der Waals surface area contributed by atoms with Crippen LogP contribution in [0.4, 0.5) is 4.39 Å². The van der Waals surface area contributed by atoms with E-state index in [4.69, 9.17) is 5.73 Å². The Balaban J connectivity index is 2.14. The van der Waals surface area contributed by atoms with Crippen LogP contribution >= 0.6 is 0 Å². The smallest absolute Gasteiger partial charge is 0.239 e. The maximum absolute atomic E-state index is 13.5. The minimum atomic E-state index is -0.833. The zero-order chi connectivity index (χ0) is 17.9. The molecule has 132 valence electrons. The summed E-state index contributed by atoms with van der Waals surface area (Å²) in [5.41, 5.74) is 5.96. The molecule has 2 rings (SSSR count). The summed E-state index contributed by atoms with van der Waals surface area (Å²) in [6, 6.07) is 5.31. The fourth-order valence-electron chi connectivity index (χ4n) is 3.61. The van der Waals surface area contributed by atoms with Gasteiger partial charge in [0.05, 0.1) is 6.54 Å². The van der Waals surface area contributed by atoms with Crippen LogP contribution in [-0.2, 0) is 9.59 Å². The predicted octanol–water partition coefficient (Wildman–Crippen LogP) is 2.07. The highest BCUT2D eigenvalue weighted by molar-refractivity contribution is 5.83. The summed E-state index contributed by atoms with van der Waals surface area (Å²) >= 11 is 0. The maximum Gasteiger partial charge on any atom is 0.239 e. The third kappa shape index (κ3) is 4.12. The summed E-state index contributed by atoms with van der Waals surface area (Å²) < 4.78 is 13.5. The molecule has 2 N–H and O–H groups in total. The Morgan fingerprint density at radius 1 is 1.33 bits per heavy atom. The Kier molecular flexibility index (Phi) is 5.94. The Morgan fingerprint density at radius 3 is 2.50 bits per heavy atom. The molecule has 0 bridgehead atoms. The summed E-state index contributed by atoms with van der Waals surface area (Å²) in [5, 5.41) is 0. The molecular weight excluding hydrogens is 309 g/mol. The number of carbonyl (C=O) groups excluding carboxylic acids is 2. The number of amides is 2. The van der Waals surface area contributed by atoms with Crippen LogP contribution < -0.4 is 5.73 Å². The van der Waals surface area contributed by atoms with Crippen molar-refractivity contribution in [1.82, 2.24) is 9.80 Å². The Hall–Kier alpha value is -1.95. The monoisotopic (exact) mass is 335 g/mol. The van der Waals surface area contributed by atoms with Crippen LogP contribution in [0, 0.1) is 5.82 Å². The molecule has 0 aromatic heterocycles. The van der Waals surface area contributed by atoms with Crippen molar-refractivity contribution in [3.8, 4) is 0 Å². The van der Waals surface area contributed by atoms with Crippen LogP contribution in [0.3, 0.4) is 0 Å². The van der Waals surface area contributed by atoms with Gasteiger partial charge in [-0.15, -0.1) is 0 Å². The molecule has 0 radical (unpaired) electrons. The van der Waals surface area contributed by atoms with Crippen LogP contribution in [0.1, 0.15) is 44.7 Å². The number of nitrogens with two attached hydrogens (primary N) is 1. The van der Waals surface area contributed by atoms with Gasteiger partial charge in [-0.2, -0.15) is 0 Å². The second kappa shape index (κ2) is 7.75. The van der Waals surface area contributed by atoms with Crippen molar-refractivity contribution in [2.45, 2.75) is 51.2 Å². The number of primary amides is 1. The molecule has 1 saturated heterocycles. The number of likely N-dealkylation sites (N-methyl/N-ethyl adjacent to an activating group) is 1. The van der Waals surface area contributed by atoms with E-state index >= 15 is 0 Å². The van der Waals surface area contributed by atoms with Gasteiger partial charge in [-0.05, 0) is 57.9 Å². The molecular formula is C18H26FN3O2. The minimum absolute atomic E-state index is 0.0279. The normalized spacial score (nSPS) is 22.5. The van der Waals surface area contributed by atoms with Crippen molar-refractivity contribution in [2.24, 2.45) is 5.73 Å². The highest BCUT2D eigenvalue weighted by Crippen LogP contribution is 2.24. The number of nitrogens with zero attached hydrogens (tertiary/aromatic N) is 2. The average molecular weight is 335 g/mol. The molecule has 0 spiro atoms. The van der Waals surface area contributed by atoms with Gasteiger partial charge in [0.2, 0.25) is 11.8 Å². The van der Waals surface area contributed by atoms with E-state index in [1.807, 2.05) is 18.7 Å². The van der Waals surface area contributed by atoms with Gasteiger partial charge in [-0.1, -0.05) is 12.1 Å². The third-order valence-corrected chi connectivity index (χ3v) is 4.74. The molecule has 0 saturated carbocycles. The highest BCUT2D eigenvalue weighted by atomic mass is 19.1. The van der Waals surface area contributed by atoms with Gasteiger partial charge in [0.25, 0.3) is 0 Å². The van der Waals surface area contributed by atoms with E-state index in [0.29, 0.717) is 5.56 Å². The van der Waals surface area contributed by atoms with Crippen LogP contribution in [-0.4, -0.2) is 47.3 Å². The summed E-state index contributed by atoms with van der Waals surface area (Å²) in [5.74, 6) is -1.06. The van der Waals surface area contributed by atoms with Gasteiger partial charge in [0.1, 0.15) is 11.9 Å². The van der Waals surface area contributed by atoms with E-state index in [1.165, 1.54) is 18.2 Å². The van der Waals surface area contributed by atoms with E-state index in [0.717, 1.165) is 19.3 Å². The van der Waals surface area contributed by atoms with Gasteiger partial charge >= 0.3 is 0 Å². The molecule has 1 aromatic rings. The van der Waals surface area contributed by atoms with Crippen molar-refractivity contribution in [3.05, 3.63) is 35.6 Å². The summed E-state index contributed by atoms with van der Waals surface area (Å²) in [6.45, 7) is 4.16. The number of rotatable bonds is 5. The molecule has 1 aliphatic heterocycles. The first-order valence-corrected chi connectivity index (χ1v) is 8.37. The van der Waals surface area contributed by atoms with E-state index in [2.05, 4.69) is 0 Å². The highest BCUT2D eigenvalue weighted by Gasteiger charge is 2.32. The molecule has 1 aliphatic rings. The number of halogens is 1. The fraction of sp³-hybridized carbons (Fsp3) is 0.556. The molecule has 6 heteroatoms. The van der Waals surface area contributed by atoms with E-state index in [1.54, 1.807) is 18.0 Å². The summed E-state index contributed by atoms with van der Waals surface area (Å²) in [4.78, 5) is 28.1. The van der Waals surface area contributed by atoms with Gasteiger partial charge in [0.15, 0.2) is 0 Å². The first-order chi connectivity index (χ1) is 11.3. The third-order valence-electron chi connectivity index (χ3n) is 4.74. The lowest BCUT2D eigenvalue weighted by atomic mass is 9.97. The number of hydrogen-bond donors (Lipinski definition) is 1. The van der Waals surface area contributed by atoms with Crippen molar-refractivity contribution in [3.63, 3.8) is 0 Å². The van der Waals surface area contributed by atoms with Crippen LogP contribution in [0.2, 0.25) is 0 Å². The zero-order valence-electron chi connectivity index (χ0n) is 14.5. The lowest BCUT2D eigenvalue weighted by molar-refractivity contribution is -0.139. The number of benzene rings is 1. The predicted molar refractivity (Wildman–Crippen MR) is 90.6 cm³/mol. The Morgan fingerprint density at radius 2 is 1.96 bits per heavy atom. The Labute approximate surface area is 142 Å². The number of carbonyl (C=O) groups is 2. The summed E-state index contributed by atoms with van der Waals surface area (Å²) in [6.07, 6.45) is 3.10. The minimum Gasteiger partial charge on any atom is -0.368 e. The zero-order valence-corrected chi connectivity index (χ0v) is 14.5. The van der Waals surface area contributed by atoms with Crippen LogP contribution in [0.15, 0.2) is 24.3 Å². The lowest BCUT2D eigenvalue weighted by Crippen LogP contribution is -2.51. The number of piperidine rings is 1. The molecule has 0 unspecified atom stereocenters. The second-order valence-electron chi connectivity index (χ2n) is 6.70. The van der Waals surface area contributed by atoms with Crippen molar-refractivity contribution >= 4 is 11.8 Å². The quantitative estimate of drug-likeness (QED) is 0.896. The fourth-order valence-corrected chi connectivity index (χ4v) is 3.61. The molecule has 1 aromatic carbocycles. The topological polar surface area (TPSA) is 66.6 Å². The molecule has 24 heavy (non-hydrogen) atoms. The maximum atomic E-state index is 13.5. The molecule has 3 atom stereocenters. The van der Waals surface area contributed by atoms with Crippen molar-refractivity contribution in [1.29, 1.82) is 0 Å². The van der Waals surface area contributed by atoms with Gasteiger partial charge in [-0.25, -0.2) is 4.39 Å². The van der Waals surface area contributed by atoms with Gasteiger partial charge in [0, 0.05) is 12.1 Å². The van der Waals surface area contributed by atoms with Gasteiger partial charge in [-0.3, -0.25) is 14.5 Å². The van der Waals surface area contributed by atoms with E-state index in [-0.39, 0.29) is 24.5 Å². The van der Waals surface area contributed by atoms with Crippen LogP contribution in [0.5, 0.6) is 0 Å². The van der Waals surface area contributed by atoms with Crippen LogP contribution in [0.25, 0.3) is 0 Å². The largest absolute Gasteiger partial charge is 0.368 e. The lowest BCUT2D eigenvalue weighted by Gasteiger charge is -2.40. The second-order valence-corrected chi connectivity index (χ2v) is 6.70. The molecule has 5 nitrogen and oxygen atoms in total. The van der Waals surface area contributed by atoms with E-state index < -0.39 is 17.8 Å². The number of hydrogen-bond acceptors (Lipinski definition) is 3. The first kappa shape index (κ1) is 18.4. The SMILES string of the molecule is C[C@@H]1CCC[C@@H](C)N1C(=O)CN(C)[C@@H](C(N)=O)c1cccc(F)c1. The van der Waals surface area contributed by atoms with Crippen molar-refractivity contribution < 1.29 is 14.0 Å². The first-order valence-electron chi connectivity index (χ1n) is 8.37. The molecule has 1 heterocycles. The number of likely N-dealkylation sites (tertiary alicyclic amines) is 1.